The molecule has 1 aromatic heterocycles. The van der Waals surface area contributed by atoms with Crippen molar-refractivity contribution in [2.24, 2.45) is 10.9 Å². The van der Waals surface area contributed by atoms with Gasteiger partial charge < -0.3 is 10.2 Å². The summed E-state index contributed by atoms with van der Waals surface area (Å²) in [4.78, 5) is 47.2. The Bertz CT molecular complexity index is 1330. The number of carbonyl (C=O) groups excluding carboxylic acids is 3. The highest BCUT2D eigenvalue weighted by Gasteiger charge is 2.44. The molecular formula is C22H17F5N4O3S. The molecule has 0 radical (unpaired) electrons. The normalized spacial score (nSPS) is 20.3. The van der Waals surface area contributed by atoms with Gasteiger partial charge in [-0.1, -0.05) is 0 Å². The number of likely N-dealkylation sites (N-methyl/N-ethyl adjacent to an activating group) is 1. The van der Waals surface area contributed by atoms with E-state index in [9.17, 15) is 36.3 Å². The van der Waals surface area contributed by atoms with Crippen LogP contribution in [-0.2, 0) is 20.6 Å². The molecule has 184 valence electrons. The summed E-state index contributed by atoms with van der Waals surface area (Å²) in [5, 5.41) is 3.54. The highest BCUT2D eigenvalue weighted by atomic mass is 32.1. The van der Waals surface area contributed by atoms with Gasteiger partial charge in [0.25, 0.3) is 0 Å². The summed E-state index contributed by atoms with van der Waals surface area (Å²) in [6.45, 7) is 3.30. The van der Waals surface area contributed by atoms with Crippen molar-refractivity contribution in [1.82, 2.24) is 9.88 Å². The molecule has 13 heteroatoms. The lowest BCUT2D eigenvalue weighted by Gasteiger charge is -2.23. The average molecular weight is 512 g/mol. The molecule has 2 aromatic rings. The van der Waals surface area contributed by atoms with Crippen LogP contribution in [0.5, 0.6) is 0 Å². The molecule has 0 spiro atoms. The van der Waals surface area contributed by atoms with Gasteiger partial charge in [0.1, 0.15) is 17.2 Å². The third kappa shape index (κ3) is 4.24. The molecule has 0 fully saturated rings. The largest absolute Gasteiger partial charge is 0.422 e. The van der Waals surface area contributed by atoms with E-state index in [0.717, 1.165) is 17.4 Å². The number of nitrogens with one attached hydrogen (secondary N) is 1. The third-order valence-corrected chi connectivity index (χ3v) is 6.51. The van der Waals surface area contributed by atoms with Crippen molar-refractivity contribution in [3.05, 3.63) is 46.0 Å². The lowest BCUT2D eigenvalue weighted by atomic mass is 9.90. The first-order valence-corrected chi connectivity index (χ1v) is 11.1. The molecular weight excluding hydrogens is 495 g/mol. The number of amides is 2. The predicted octanol–water partition coefficient (Wildman–Crippen LogP) is 4.21. The van der Waals surface area contributed by atoms with E-state index < -0.39 is 59.0 Å². The van der Waals surface area contributed by atoms with Gasteiger partial charge in [-0.25, -0.2) is 13.8 Å². The number of Topliss-reactive ketones (excluding diaryl/α,β-unsaturated/α-hetero) is 1. The van der Waals surface area contributed by atoms with Gasteiger partial charge in [-0.15, -0.1) is 11.3 Å². The number of anilines is 1. The van der Waals surface area contributed by atoms with Crippen LogP contribution in [0.15, 0.2) is 33.8 Å². The van der Waals surface area contributed by atoms with Gasteiger partial charge in [-0.3, -0.25) is 19.4 Å². The minimum Gasteiger partial charge on any atom is -0.316 e. The second kappa shape index (κ2) is 8.63. The summed E-state index contributed by atoms with van der Waals surface area (Å²) >= 11 is 0.809. The van der Waals surface area contributed by atoms with E-state index >= 15 is 0 Å². The molecule has 2 aliphatic rings. The average Bonchev–Trinajstić information content (AvgIpc) is 3.29. The molecule has 2 atom stereocenters. The van der Waals surface area contributed by atoms with Crippen LogP contribution >= 0.6 is 11.3 Å². The smallest absolute Gasteiger partial charge is 0.316 e. The molecule has 1 N–H and O–H groups in total. The summed E-state index contributed by atoms with van der Waals surface area (Å²) in [6.07, 6.45) is -5.67. The number of carbonyl (C=O) groups is 3. The Balaban J connectivity index is 1.51. The number of halogens is 5. The highest BCUT2D eigenvalue weighted by molar-refractivity contribution is 7.14. The number of hydrogen-bond donors (Lipinski definition) is 1. The number of thiazole rings is 1. The quantitative estimate of drug-likeness (QED) is 0.622. The molecule has 0 bridgehead atoms. The van der Waals surface area contributed by atoms with E-state index in [-0.39, 0.29) is 22.4 Å². The van der Waals surface area contributed by atoms with E-state index in [1.54, 1.807) is 20.9 Å². The van der Waals surface area contributed by atoms with Gasteiger partial charge >= 0.3 is 6.18 Å². The molecule has 2 amide bonds. The van der Waals surface area contributed by atoms with Crippen molar-refractivity contribution in [2.45, 2.75) is 32.5 Å². The van der Waals surface area contributed by atoms with Crippen molar-refractivity contribution < 1.29 is 36.3 Å². The standard InChI is InChI=1S/C22H17F5N4O3S/c1-8-15-18(31(3)20(8)34)9(2)28-12(19(15)33)6-14(32)30-21-29-13(7-35-21)10-4-5-11(23)16(17(10)24)22(25,26)27/h4-5,7-9H,6H2,1-3H3,(H,29,30,32). The Hall–Kier alpha value is -3.48. The van der Waals surface area contributed by atoms with Crippen LogP contribution in [0.3, 0.4) is 0 Å². The molecule has 0 saturated carbocycles. The number of hydrogen-bond acceptors (Lipinski definition) is 6. The maximum Gasteiger partial charge on any atom is 0.422 e. The molecule has 2 unspecified atom stereocenters. The molecule has 35 heavy (non-hydrogen) atoms. The van der Waals surface area contributed by atoms with Crippen LogP contribution < -0.4 is 5.32 Å². The van der Waals surface area contributed by atoms with Crippen LogP contribution in [0.25, 0.3) is 11.3 Å². The van der Waals surface area contributed by atoms with E-state index in [0.29, 0.717) is 17.3 Å². The summed E-state index contributed by atoms with van der Waals surface area (Å²) < 4.78 is 66.9. The number of alkyl halides is 3. The Labute approximate surface area is 199 Å². The topological polar surface area (TPSA) is 91.7 Å². The van der Waals surface area contributed by atoms with Gasteiger partial charge in [-0.05, 0) is 26.0 Å². The zero-order chi connectivity index (χ0) is 25.8. The molecule has 0 saturated heterocycles. The second-order valence-electron chi connectivity index (χ2n) is 8.04. The van der Waals surface area contributed by atoms with Crippen LogP contribution in [-0.4, -0.2) is 46.3 Å². The van der Waals surface area contributed by atoms with E-state index in [1.165, 1.54) is 10.3 Å². The summed E-state index contributed by atoms with van der Waals surface area (Å²) in [6, 6.07) is 0.797. The van der Waals surface area contributed by atoms with Gasteiger partial charge in [0.15, 0.2) is 5.13 Å². The number of nitrogens with zero attached hydrogens (tertiary/aromatic N) is 3. The fourth-order valence-corrected chi connectivity index (χ4v) is 4.90. The summed E-state index contributed by atoms with van der Waals surface area (Å²) in [7, 11) is 1.56. The number of aromatic nitrogens is 1. The van der Waals surface area contributed by atoms with Crippen LogP contribution in [0.1, 0.15) is 25.8 Å². The molecule has 3 heterocycles. The Morgan fingerprint density at radius 2 is 1.89 bits per heavy atom. The molecule has 2 aliphatic heterocycles. The zero-order valence-corrected chi connectivity index (χ0v) is 19.3. The van der Waals surface area contributed by atoms with Gasteiger partial charge in [0.2, 0.25) is 17.6 Å². The lowest BCUT2D eigenvalue weighted by Crippen LogP contribution is -2.32. The fourth-order valence-electron chi connectivity index (χ4n) is 4.17. The zero-order valence-electron chi connectivity index (χ0n) is 18.5. The monoisotopic (exact) mass is 512 g/mol. The molecule has 1 aromatic carbocycles. The number of rotatable bonds is 4. The van der Waals surface area contributed by atoms with Gasteiger partial charge in [0, 0.05) is 23.6 Å². The second-order valence-corrected chi connectivity index (χ2v) is 8.90. The van der Waals surface area contributed by atoms with Crippen molar-refractivity contribution in [1.29, 1.82) is 0 Å². The number of aliphatic imine (C=N–C) groups is 1. The first-order valence-electron chi connectivity index (χ1n) is 10.2. The van der Waals surface area contributed by atoms with E-state index in [2.05, 4.69) is 15.3 Å². The van der Waals surface area contributed by atoms with Crippen molar-refractivity contribution in [3.8, 4) is 11.3 Å². The fraction of sp³-hybridized carbons (Fsp3) is 0.318. The predicted molar refractivity (Wildman–Crippen MR) is 117 cm³/mol. The first-order chi connectivity index (χ1) is 16.3. The molecule has 7 nitrogen and oxygen atoms in total. The third-order valence-electron chi connectivity index (χ3n) is 5.75. The Morgan fingerprint density at radius 3 is 2.54 bits per heavy atom. The highest BCUT2D eigenvalue weighted by Crippen LogP contribution is 2.38. The first kappa shape index (κ1) is 24.6. The van der Waals surface area contributed by atoms with E-state index in [4.69, 9.17) is 0 Å². The van der Waals surface area contributed by atoms with Crippen LogP contribution in [0.2, 0.25) is 0 Å². The molecule has 4 rings (SSSR count). The maximum absolute atomic E-state index is 14.4. The van der Waals surface area contributed by atoms with Crippen LogP contribution in [0, 0.1) is 17.6 Å². The lowest BCUT2D eigenvalue weighted by molar-refractivity contribution is -0.142. The number of benzene rings is 1. The summed E-state index contributed by atoms with van der Waals surface area (Å²) in [5.74, 6) is -5.66. The Morgan fingerprint density at radius 1 is 1.20 bits per heavy atom. The Kier molecular flexibility index (Phi) is 6.07. The van der Waals surface area contributed by atoms with Crippen LogP contribution in [0.4, 0.5) is 27.1 Å². The summed E-state index contributed by atoms with van der Waals surface area (Å²) in [5.41, 5.74) is -2.09. The minimum atomic E-state index is -5.24. The number of ketones is 1. The minimum absolute atomic E-state index is 0.0418. The van der Waals surface area contributed by atoms with E-state index in [1.807, 2.05) is 0 Å². The van der Waals surface area contributed by atoms with Gasteiger partial charge in [0.05, 0.1) is 35.5 Å². The maximum atomic E-state index is 14.4. The SMILES string of the molecule is CC1N=C(CC(=O)Nc2nc(-c3ccc(F)c(C(F)(F)F)c3F)cs2)C(=O)C2=C1N(C)C(=O)C2C. The van der Waals surface area contributed by atoms with Gasteiger partial charge in [-0.2, -0.15) is 13.2 Å². The number of dihydropyridines is 1. The van der Waals surface area contributed by atoms with Crippen molar-refractivity contribution in [2.75, 3.05) is 12.4 Å². The molecule has 0 aliphatic carbocycles. The van der Waals surface area contributed by atoms with Crippen molar-refractivity contribution >= 4 is 39.8 Å². The van der Waals surface area contributed by atoms with Crippen molar-refractivity contribution in [3.63, 3.8) is 0 Å².